The fraction of sp³-hybridized carbons (Fsp3) is 0. The van der Waals surface area contributed by atoms with Gasteiger partial charge in [0.2, 0.25) is 0 Å². The first kappa shape index (κ1) is 10.2. The molecule has 0 aliphatic heterocycles. The lowest BCUT2D eigenvalue weighted by Crippen LogP contribution is -2.09. The molecule has 0 spiro atoms. The van der Waals surface area contributed by atoms with Crippen LogP contribution in [0.15, 0.2) is 24.5 Å². The van der Waals surface area contributed by atoms with E-state index in [9.17, 15) is 13.6 Å². The molecule has 0 amide bonds. The normalized spacial score (nSPS) is 10.4. The molecule has 0 fully saturated rings. The van der Waals surface area contributed by atoms with Crippen LogP contribution >= 0.6 is 0 Å². The van der Waals surface area contributed by atoms with Crippen molar-refractivity contribution < 1.29 is 18.7 Å². The van der Waals surface area contributed by atoms with Crippen LogP contribution in [0.5, 0.6) is 0 Å². The summed E-state index contributed by atoms with van der Waals surface area (Å²) in [6.07, 6.45) is 2.60. The van der Waals surface area contributed by atoms with Crippen molar-refractivity contribution in [3.05, 3.63) is 41.7 Å². The van der Waals surface area contributed by atoms with Gasteiger partial charge in [-0.2, -0.15) is 15.0 Å². The van der Waals surface area contributed by atoms with Crippen molar-refractivity contribution >= 4 is 5.97 Å². The van der Waals surface area contributed by atoms with Crippen LogP contribution in [0.2, 0.25) is 0 Å². The number of halogens is 2. The third-order valence-corrected chi connectivity index (χ3v) is 1.90. The third kappa shape index (κ3) is 1.62. The van der Waals surface area contributed by atoms with Crippen molar-refractivity contribution in [2.24, 2.45) is 0 Å². The molecule has 1 heterocycles. The molecule has 7 heteroatoms. The molecule has 0 saturated carbocycles. The lowest BCUT2D eigenvalue weighted by atomic mass is 10.1. The summed E-state index contributed by atoms with van der Waals surface area (Å²) in [6.45, 7) is 0. The highest BCUT2D eigenvalue weighted by atomic mass is 19.2. The van der Waals surface area contributed by atoms with Gasteiger partial charge in [-0.05, 0) is 6.07 Å². The number of nitrogens with zero attached hydrogens (tertiary/aromatic N) is 3. The average Bonchev–Trinajstić information content (AvgIpc) is 2.74. The molecule has 2 aromatic rings. The van der Waals surface area contributed by atoms with Crippen LogP contribution in [0, 0.1) is 11.6 Å². The Kier molecular flexibility index (Phi) is 2.35. The van der Waals surface area contributed by atoms with Gasteiger partial charge in [0.15, 0.2) is 11.6 Å². The van der Waals surface area contributed by atoms with E-state index in [1.807, 2.05) is 0 Å². The quantitative estimate of drug-likeness (QED) is 0.834. The van der Waals surface area contributed by atoms with Crippen molar-refractivity contribution in [2.75, 3.05) is 0 Å². The van der Waals surface area contributed by atoms with Gasteiger partial charge >= 0.3 is 5.97 Å². The van der Waals surface area contributed by atoms with Crippen molar-refractivity contribution in [3.63, 3.8) is 0 Å². The number of hydrogen-bond donors (Lipinski definition) is 1. The molecular weight excluding hydrogens is 220 g/mol. The number of rotatable bonds is 2. The molecule has 0 radical (unpaired) electrons. The van der Waals surface area contributed by atoms with Gasteiger partial charge in [0.25, 0.3) is 0 Å². The average molecular weight is 225 g/mol. The fourth-order valence-corrected chi connectivity index (χ4v) is 1.21. The minimum Gasteiger partial charge on any atom is -0.478 e. The Morgan fingerprint density at radius 2 is 1.75 bits per heavy atom. The number of carboxylic acid groups (broad SMARTS) is 1. The largest absolute Gasteiger partial charge is 0.478 e. The molecule has 1 aromatic heterocycles. The van der Waals surface area contributed by atoms with E-state index in [-0.39, 0.29) is 5.69 Å². The Labute approximate surface area is 87.9 Å². The minimum atomic E-state index is -1.38. The molecule has 0 aliphatic rings. The zero-order chi connectivity index (χ0) is 11.7. The molecule has 0 aliphatic carbocycles. The maximum absolute atomic E-state index is 13.0. The molecule has 0 saturated heterocycles. The van der Waals surface area contributed by atoms with Crippen molar-refractivity contribution in [1.82, 2.24) is 15.0 Å². The van der Waals surface area contributed by atoms with E-state index in [0.717, 1.165) is 10.9 Å². The highest BCUT2D eigenvalue weighted by Crippen LogP contribution is 2.17. The molecule has 0 unspecified atom stereocenters. The molecule has 1 aromatic carbocycles. The van der Waals surface area contributed by atoms with Gasteiger partial charge in [-0.15, -0.1) is 0 Å². The predicted octanol–water partition coefficient (Wildman–Crippen LogP) is 1.24. The van der Waals surface area contributed by atoms with Gasteiger partial charge in [-0.3, -0.25) is 0 Å². The van der Waals surface area contributed by atoms with Crippen molar-refractivity contribution in [2.45, 2.75) is 0 Å². The summed E-state index contributed by atoms with van der Waals surface area (Å²) in [5.74, 6) is -3.77. The second-order valence-electron chi connectivity index (χ2n) is 2.91. The minimum absolute atomic E-state index is 0.128. The highest BCUT2D eigenvalue weighted by Gasteiger charge is 2.17. The number of aromatic nitrogens is 3. The number of aromatic carboxylic acids is 1. The zero-order valence-electron chi connectivity index (χ0n) is 7.76. The molecule has 0 atom stereocenters. The number of carboxylic acids is 1. The van der Waals surface area contributed by atoms with E-state index < -0.39 is 23.2 Å². The van der Waals surface area contributed by atoms with Crippen molar-refractivity contribution in [1.29, 1.82) is 0 Å². The Hall–Kier alpha value is -2.31. The van der Waals surface area contributed by atoms with Gasteiger partial charge < -0.3 is 5.11 Å². The summed E-state index contributed by atoms with van der Waals surface area (Å²) in [5.41, 5.74) is -0.536. The Balaban J connectivity index is 2.68. The zero-order valence-corrected chi connectivity index (χ0v) is 7.76. The topological polar surface area (TPSA) is 68.0 Å². The van der Waals surface area contributed by atoms with Crippen LogP contribution in [0.25, 0.3) is 5.69 Å². The first-order valence-electron chi connectivity index (χ1n) is 4.18. The van der Waals surface area contributed by atoms with Crippen LogP contribution in [-0.4, -0.2) is 26.1 Å². The number of carbonyl (C=O) groups is 1. The van der Waals surface area contributed by atoms with Gasteiger partial charge in [0, 0.05) is 6.07 Å². The first-order chi connectivity index (χ1) is 7.59. The summed E-state index contributed by atoms with van der Waals surface area (Å²) < 4.78 is 25.9. The maximum Gasteiger partial charge on any atom is 0.338 e. The highest BCUT2D eigenvalue weighted by molar-refractivity contribution is 5.91. The molecule has 82 valence electrons. The molecule has 2 rings (SSSR count). The maximum atomic E-state index is 13.0. The summed E-state index contributed by atoms with van der Waals surface area (Å²) in [7, 11) is 0. The third-order valence-electron chi connectivity index (χ3n) is 1.90. The smallest absolute Gasteiger partial charge is 0.338 e. The fourth-order valence-electron chi connectivity index (χ4n) is 1.21. The lowest BCUT2D eigenvalue weighted by Gasteiger charge is -2.05. The van der Waals surface area contributed by atoms with E-state index >= 15 is 0 Å². The van der Waals surface area contributed by atoms with Gasteiger partial charge in [0.05, 0.1) is 18.0 Å². The molecule has 16 heavy (non-hydrogen) atoms. The van der Waals surface area contributed by atoms with E-state index in [4.69, 9.17) is 5.11 Å². The Morgan fingerprint density at radius 1 is 1.19 bits per heavy atom. The lowest BCUT2D eigenvalue weighted by molar-refractivity contribution is 0.0696. The molecule has 0 bridgehead atoms. The molecule has 5 nitrogen and oxygen atoms in total. The van der Waals surface area contributed by atoms with Crippen molar-refractivity contribution in [3.8, 4) is 5.69 Å². The van der Waals surface area contributed by atoms with Gasteiger partial charge in [-0.1, -0.05) is 0 Å². The monoisotopic (exact) mass is 225 g/mol. The predicted molar refractivity (Wildman–Crippen MR) is 48.2 cm³/mol. The Morgan fingerprint density at radius 3 is 2.31 bits per heavy atom. The van der Waals surface area contributed by atoms with Crippen LogP contribution < -0.4 is 0 Å². The number of benzene rings is 1. The van der Waals surface area contributed by atoms with E-state index in [0.29, 0.717) is 6.07 Å². The van der Waals surface area contributed by atoms with E-state index in [1.165, 1.54) is 12.4 Å². The van der Waals surface area contributed by atoms with E-state index in [2.05, 4.69) is 10.2 Å². The second-order valence-corrected chi connectivity index (χ2v) is 2.91. The van der Waals surface area contributed by atoms with E-state index in [1.54, 1.807) is 0 Å². The summed E-state index contributed by atoms with van der Waals surface area (Å²) in [6, 6.07) is 1.33. The summed E-state index contributed by atoms with van der Waals surface area (Å²) >= 11 is 0. The standard InChI is InChI=1S/C9H5F2N3O2/c10-6-3-5(9(15)16)8(4-7(6)11)14-12-1-2-13-14/h1-4H,(H,15,16). The molecular formula is C9H5F2N3O2. The SMILES string of the molecule is O=C(O)c1cc(F)c(F)cc1-n1nccn1. The number of hydrogen-bond acceptors (Lipinski definition) is 3. The Bertz CT molecular complexity index is 540. The summed E-state index contributed by atoms with van der Waals surface area (Å²) in [4.78, 5) is 11.7. The van der Waals surface area contributed by atoms with Crippen LogP contribution in [-0.2, 0) is 0 Å². The van der Waals surface area contributed by atoms with Crippen LogP contribution in [0.4, 0.5) is 8.78 Å². The van der Waals surface area contributed by atoms with Crippen LogP contribution in [0.3, 0.4) is 0 Å². The van der Waals surface area contributed by atoms with Crippen LogP contribution in [0.1, 0.15) is 10.4 Å². The first-order valence-corrected chi connectivity index (χ1v) is 4.18. The van der Waals surface area contributed by atoms with Gasteiger partial charge in [0.1, 0.15) is 5.69 Å². The molecule has 1 N–H and O–H groups in total. The van der Waals surface area contributed by atoms with Gasteiger partial charge in [-0.25, -0.2) is 13.6 Å². The second kappa shape index (κ2) is 3.69. The summed E-state index contributed by atoms with van der Waals surface area (Å²) in [5, 5.41) is 16.1.